The average Bonchev–Trinajstić information content (AvgIpc) is 3.40. The van der Waals surface area contributed by atoms with Crippen LogP contribution in [-0.2, 0) is 0 Å². The SMILES string of the molecule is Clc1ccc(-c2cc(-c3ncnc4scnc34)sc2-c2ncc[nH]2)c(Cl)c1. The van der Waals surface area contributed by atoms with Gasteiger partial charge in [-0.15, -0.1) is 22.7 Å². The molecule has 5 nitrogen and oxygen atoms in total. The summed E-state index contributed by atoms with van der Waals surface area (Å²) in [5.74, 6) is 0.774. The first-order valence-electron chi connectivity index (χ1n) is 7.84. The molecule has 0 unspecified atom stereocenters. The fraction of sp³-hybridized carbons (Fsp3) is 0. The molecule has 0 atom stereocenters. The Kier molecular flexibility index (Phi) is 4.17. The minimum atomic E-state index is 0.584. The molecule has 0 saturated heterocycles. The molecule has 0 bridgehead atoms. The van der Waals surface area contributed by atoms with Crippen molar-refractivity contribution in [1.82, 2.24) is 24.9 Å². The predicted molar refractivity (Wildman–Crippen MR) is 112 cm³/mol. The Balaban J connectivity index is 1.77. The summed E-state index contributed by atoms with van der Waals surface area (Å²) >= 11 is 15.6. The van der Waals surface area contributed by atoms with Crippen LogP contribution in [0.1, 0.15) is 0 Å². The number of aromatic nitrogens is 5. The highest BCUT2D eigenvalue weighted by atomic mass is 35.5. The van der Waals surface area contributed by atoms with Crippen LogP contribution in [-0.4, -0.2) is 24.9 Å². The van der Waals surface area contributed by atoms with Gasteiger partial charge in [0.15, 0.2) is 0 Å². The van der Waals surface area contributed by atoms with E-state index in [2.05, 4.69) is 31.0 Å². The zero-order valence-electron chi connectivity index (χ0n) is 13.5. The van der Waals surface area contributed by atoms with Crippen molar-refractivity contribution < 1.29 is 0 Å². The van der Waals surface area contributed by atoms with Gasteiger partial charge in [0.25, 0.3) is 0 Å². The van der Waals surface area contributed by atoms with E-state index >= 15 is 0 Å². The summed E-state index contributed by atoms with van der Waals surface area (Å²) in [5, 5.41) is 1.18. The van der Waals surface area contributed by atoms with E-state index in [0.29, 0.717) is 10.0 Å². The lowest BCUT2D eigenvalue weighted by molar-refractivity contribution is 1.23. The van der Waals surface area contributed by atoms with E-state index in [0.717, 1.165) is 42.7 Å². The van der Waals surface area contributed by atoms with Crippen LogP contribution in [0, 0.1) is 0 Å². The molecular weight excluding hydrogens is 421 g/mol. The number of hydrogen-bond acceptors (Lipinski definition) is 6. The van der Waals surface area contributed by atoms with E-state index in [1.165, 1.54) is 11.3 Å². The molecule has 5 aromatic rings. The molecular formula is C18H9Cl2N5S2. The maximum absolute atomic E-state index is 6.48. The van der Waals surface area contributed by atoms with Crippen LogP contribution in [0.3, 0.4) is 0 Å². The first-order valence-corrected chi connectivity index (χ1v) is 10.3. The van der Waals surface area contributed by atoms with Gasteiger partial charge in [0.1, 0.15) is 28.2 Å². The van der Waals surface area contributed by atoms with Gasteiger partial charge in [0.05, 0.1) is 15.3 Å². The third-order valence-corrected chi connectivity index (χ3v) is 6.46. The Hall–Kier alpha value is -2.32. The smallest absolute Gasteiger partial charge is 0.148 e. The van der Waals surface area contributed by atoms with Crippen molar-refractivity contribution in [3.8, 4) is 32.4 Å². The van der Waals surface area contributed by atoms with Crippen molar-refractivity contribution in [2.75, 3.05) is 0 Å². The van der Waals surface area contributed by atoms with E-state index in [9.17, 15) is 0 Å². The number of hydrogen-bond donors (Lipinski definition) is 1. The van der Waals surface area contributed by atoms with Crippen molar-refractivity contribution >= 4 is 56.2 Å². The Morgan fingerprint density at radius 3 is 2.70 bits per heavy atom. The van der Waals surface area contributed by atoms with Crippen molar-refractivity contribution in [3.05, 3.63) is 58.5 Å². The second-order valence-corrected chi connectivity index (χ2v) is 8.37. The monoisotopic (exact) mass is 429 g/mol. The molecule has 0 spiro atoms. The van der Waals surface area contributed by atoms with Crippen LogP contribution in [0.4, 0.5) is 0 Å². The number of nitrogens with zero attached hydrogens (tertiary/aromatic N) is 4. The largest absolute Gasteiger partial charge is 0.344 e. The molecule has 4 aromatic heterocycles. The van der Waals surface area contributed by atoms with Crippen LogP contribution in [0.2, 0.25) is 10.0 Å². The van der Waals surface area contributed by atoms with Gasteiger partial charge in [-0.1, -0.05) is 29.3 Å². The number of imidazole rings is 1. The van der Waals surface area contributed by atoms with Gasteiger partial charge in [-0.25, -0.2) is 19.9 Å². The number of rotatable bonds is 3. The third kappa shape index (κ3) is 2.93. The number of fused-ring (bicyclic) bond motifs is 1. The van der Waals surface area contributed by atoms with Gasteiger partial charge in [-0.05, 0) is 18.2 Å². The number of aromatic amines is 1. The topological polar surface area (TPSA) is 67.3 Å². The first-order chi connectivity index (χ1) is 13.2. The van der Waals surface area contributed by atoms with E-state index in [1.54, 1.807) is 41.6 Å². The van der Waals surface area contributed by atoms with E-state index in [4.69, 9.17) is 23.2 Å². The molecule has 4 heterocycles. The van der Waals surface area contributed by atoms with Crippen LogP contribution in [0.15, 0.2) is 48.5 Å². The summed E-state index contributed by atoms with van der Waals surface area (Å²) in [7, 11) is 0. The molecule has 0 aliphatic carbocycles. The van der Waals surface area contributed by atoms with Crippen molar-refractivity contribution in [2.45, 2.75) is 0 Å². The van der Waals surface area contributed by atoms with E-state index in [1.807, 2.05) is 12.1 Å². The number of thiazole rings is 1. The highest BCUT2D eigenvalue weighted by Gasteiger charge is 2.20. The number of H-pyrrole nitrogens is 1. The van der Waals surface area contributed by atoms with Crippen LogP contribution in [0.25, 0.3) is 42.7 Å². The predicted octanol–water partition coefficient (Wildman–Crippen LogP) is 6.18. The highest BCUT2D eigenvalue weighted by Crippen LogP contribution is 2.45. The summed E-state index contributed by atoms with van der Waals surface area (Å²) in [6.45, 7) is 0. The van der Waals surface area contributed by atoms with Crippen LogP contribution in [0.5, 0.6) is 0 Å². The molecule has 5 rings (SSSR count). The zero-order valence-corrected chi connectivity index (χ0v) is 16.6. The molecule has 27 heavy (non-hydrogen) atoms. The summed E-state index contributed by atoms with van der Waals surface area (Å²) < 4.78 is 0. The van der Waals surface area contributed by atoms with Gasteiger partial charge in [0.2, 0.25) is 0 Å². The van der Waals surface area contributed by atoms with Gasteiger partial charge in [-0.2, -0.15) is 0 Å². The molecule has 9 heteroatoms. The Morgan fingerprint density at radius 1 is 0.963 bits per heavy atom. The summed E-state index contributed by atoms with van der Waals surface area (Å²) in [4.78, 5) is 23.6. The molecule has 1 N–H and O–H groups in total. The second kappa shape index (κ2) is 6.69. The Morgan fingerprint density at radius 2 is 1.89 bits per heavy atom. The van der Waals surface area contributed by atoms with Crippen LogP contribution < -0.4 is 0 Å². The van der Waals surface area contributed by atoms with Gasteiger partial charge >= 0.3 is 0 Å². The fourth-order valence-corrected chi connectivity index (χ4v) is 5.12. The van der Waals surface area contributed by atoms with E-state index < -0.39 is 0 Å². The maximum Gasteiger partial charge on any atom is 0.148 e. The number of nitrogens with one attached hydrogen (secondary N) is 1. The van der Waals surface area contributed by atoms with E-state index in [-0.39, 0.29) is 0 Å². The van der Waals surface area contributed by atoms with Crippen molar-refractivity contribution in [1.29, 1.82) is 0 Å². The molecule has 0 aliphatic rings. The molecule has 0 radical (unpaired) electrons. The quantitative estimate of drug-likeness (QED) is 0.371. The zero-order chi connectivity index (χ0) is 18.4. The lowest BCUT2D eigenvalue weighted by atomic mass is 10.1. The standard InChI is InChI=1S/C18H9Cl2N5S2/c19-9-1-2-10(12(20)5-9)11-6-13(27-16(11)17-21-3-4-22-17)14-15-18(24-7-23-14)26-8-25-15/h1-8H,(H,21,22). The lowest BCUT2D eigenvalue weighted by Gasteiger charge is -2.05. The summed E-state index contributed by atoms with van der Waals surface area (Å²) in [6.07, 6.45) is 5.09. The van der Waals surface area contributed by atoms with Gasteiger partial charge in [0, 0.05) is 33.6 Å². The maximum atomic E-state index is 6.48. The molecule has 0 aliphatic heterocycles. The molecule has 1 aromatic carbocycles. The number of benzene rings is 1. The van der Waals surface area contributed by atoms with Gasteiger partial charge < -0.3 is 4.98 Å². The normalized spacial score (nSPS) is 11.3. The number of halogens is 2. The summed E-state index contributed by atoms with van der Waals surface area (Å²) in [6, 6.07) is 7.56. The first kappa shape index (κ1) is 16.8. The lowest BCUT2D eigenvalue weighted by Crippen LogP contribution is -1.84. The second-order valence-electron chi connectivity index (χ2n) is 5.64. The minimum absolute atomic E-state index is 0.584. The third-order valence-electron chi connectivity index (χ3n) is 4.03. The summed E-state index contributed by atoms with van der Waals surface area (Å²) in [5.41, 5.74) is 5.23. The Labute approximate surface area is 171 Å². The molecule has 132 valence electrons. The minimum Gasteiger partial charge on any atom is -0.344 e. The van der Waals surface area contributed by atoms with Crippen molar-refractivity contribution in [3.63, 3.8) is 0 Å². The Bertz CT molecular complexity index is 1260. The number of thiophene rings is 1. The molecule has 0 fully saturated rings. The van der Waals surface area contributed by atoms with Gasteiger partial charge in [-0.3, -0.25) is 0 Å². The van der Waals surface area contributed by atoms with Crippen molar-refractivity contribution in [2.24, 2.45) is 0 Å². The molecule has 0 saturated carbocycles. The average molecular weight is 430 g/mol. The fourth-order valence-electron chi connectivity index (χ4n) is 2.86. The highest BCUT2D eigenvalue weighted by molar-refractivity contribution is 7.19. The van der Waals surface area contributed by atoms with Crippen LogP contribution >= 0.6 is 45.9 Å². The molecule has 0 amide bonds.